The summed E-state index contributed by atoms with van der Waals surface area (Å²) in [6.45, 7) is 11.5. The van der Waals surface area contributed by atoms with Crippen molar-refractivity contribution in [2.24, 2.45) is 5.92 Å². The first-order chi connectivity index (χ1) is 14.8. The maximum absolute atomic E-state index is 9.98. The molecular formula is C26H33N3OS. The highest BCUT2D eigenvalue weighted by Crippen LogP contribution is 2.37. The van der Waals surface area contributed by atoms with Crippen LogP contribution in [0.25, 0.3) is 5.70 Å². The first-order valence-electron chi connectivity index (χ1n) is 11.1. The number of likely N-dealkylation sites (N-methyl/N-ethyl adjacent to an activating group) is 1. The SMILES string of the molecule is C=C1c2sc(C#CC(O)C(C)C)cc2CCN1c1ccc(N2CCC(N(C)C)C2)cc1. The molecule has 2 atom stereocenters. The number of hydrogen-bond donors (Lipinski definition) is 1. The smallest absolute Gasteiger partial charge is 0.117 e. The highest BCUT2D eigenvalue weighted by atomic mass is 32.1. The Morgan fingerprint density at radius 1 is 1.16 bits per heavy atom. The molecule has 4 nitrogen and oxygen atoms in total. The zero-order valence-corrected chi connectivity index (χ0v) is 19.9. The first-order valence-corrected chi connectivity index (χ1v) is 12.0. The zero-order valence-electron chi connectivity index (χ0n) is 19.1. The minimum absolute atomic E-state index is 0.143. The average molecular weight is 436 g/mol. The van der Waals surface area contributed by atoms with E-state index in [0.717, 1.165) is 36.6 Å². The number of nitrogens with zero attached hydrogens (tertiary/aromatic N) is 3. The van der Waals surface area contributed by atoms with Crippen LogP contribution in [0.15, 0.2) is 36.9 Å². The van der Waals surface area contributed by atoms with Crippen LogP contribution in [-0.2, 0) is 6.42 Å². The van der Waals surface area contributed by atoms with Crippen LogP contribution in [0.5, 0.6) is 0 Å². The fraction of sp³-hybridized carbons (Fsp3) is 0.462. The Bertz CT molecular complexity index is 996. The van der Waals surface area contributed by atoms with E-state index in [1.165, 1.54) is 28.2 Å². The summed E-state index contributed by atoms with van der Waals surface area (Å²) in [5.74, 6) is 6.27. The zero-order chi connectivity index (χ0) is 22.1. The first kappa shape index (κ1) is 22.0. The van der Waals surface area contributed by atoms with Crippen molar-refractivity contribution < 1.29 is 5.11 Å². The van der Waals surface area contributed by atoms with Gasteiger partial charge >= 0.3 is 0 Å². The molecule has 1 N–H and O–H groups in total. The normalized spacial score (nSPS) is 19.6. The van der Waals surface area contributed by atoms with Crippen molar-refractivity contribution in [3.8, 4) is 11.8 Å². The molecule has 164 valence electrons. The summed E-state index contributed by atoms with van der Waals surface area (Å²) < 4.78 is 0. The maximum Gasteiger partial charge on any atom is 0.117 e. The van der Waals surface area contributed by atoms with Gasteiger partial charge in [-0.05, 0) is 68.8 Å². The van der Waals surface area contributed by atoms with Crippen LogP contribution in [0, 0.1) is 17.8 Å². The van der Waals surface area contributed by atoms with Gasteiger partial charge in [0.25, 0.3) is 0 Å². The van der Waals surface area contributed by atoms with Gasteiger partial charge in [0, 0.05) is 37.1 Å². The van der Waals surface area contributed by atoms with Gasteiger partial charge in [-0.2, -0.15) is 0 Å². The summed E-state index contributed by atoms with van der Waals surface area (Å²) in [5.41, 5.74) is 4.86. The summed E-state index contributed by atoms with van der Waals surface area (Å²) in [4.78, 5) is 9.34. The van der Waals surface area contributed by atoms with Gasteiger partial charge in [0.05, 0.1) is 15.5 Å². The van der Waals surface area contributed by atoms with Crippen molar-refractivity contribution in [3.05, 3.63) is 52.2 Å². The van der Waals surface area contributed by atoms with E-state index < -0.39 is 6.10 Å². The molecular weight excluding hydrogens is 402 g/mol. The molecule has 1 fully saturated rings. The van der Waals surface area contributed by atoms with E-state index in [4.69, 9.17) is 0 Å². The molecule has 4 rings (SSSR count). The van der Waals surface area contributed by atoms with E-state index in [1.807, 2.05) is 13.8 Å². The van der Waals surface area contributed by atoms with E-state index in [0.29, 0.717) is 6.04 Å². The van der Waals surface area contributed by atoms with Gasteiger partial charge in [-0.25, -0.2) is 0 Å². The second-order valence-electron chi connectivity index (χ2n) is 9.14. The number of rotatable bonds is 4. The van der Waals surface area contributed by atoms with Crippen molar-refractivity contribution in [1.82, 2.24) is 4.90 Å². The highest BCUT2D eigenvalue weighted by Gasteiger charge is 2.26. The lowest BCUT2D eigenvalue weighted by atomic mass is 10.0. The van der Waals surface area contributed by atoms with Crippen molar-refractivity contribution in [2.75, 3.05) is 43.5 Å². The van der Waals surface area contributed by atoms with Gasteiger partial charge in [0.1, 0.15) is 6.10 Å². The molecule has 1 aromatic heterocycles. The van der Waals surface area contributed by atoms with Gasteiger partial charge in [0.15, 0.2) is 0 Å². The van der Waals surface area contributed by atoms with Crippen LogP contribution >= 0.6 is 11.3 Å². The lowest BCUT2D eigenvalue weighted by molar-refractivity contribution is 0.181. The Labute approximate surface area is 190 Å². The Morgan fingerprint density at radius 2 is 1.87 bits per heavy atom. The van der Waals surface area contributed by atoms with E-state index >= 15 is 0 Å². The Morgan fingerprint density at radius 3 is 2.52 bits per heavy atom. The fourth-order valence-electron chi connectivity index (χ4n) is 4.25. The van der Waals surface area contributed by atoms with Gasteiger partial charge in [-0.15, -0.1) is 11.3 Å². The molecule has 0 aliphatic carbocycles. The molecule has 2 aliphatic heterocycles. The van der Waals surface area contributed by atoms with Crippen LogP contribution in [0.1, 0.15) is 35.6 Å². The summed E-state index contributed by atoms with van der Waals surface area (Å²) in [6, 6.07) is 11.7. The molecule has 3 heterocycles. The molecule has 1 saturated heterocycles. The third-order valence-electron chi connectivity index (χ3n) is 6.40. The summed E-state index contributed by atoms with van der Waals surface area (Å²) in [6.07, 6.45) is 1.62. The van der Waals surface area contributed by atoms with E-state index in [1.54, 1.807) is 11.3 Å². The largest absolute Gasteiger partial charge is 0.380 e. The molecule has 2 aromatic rings. The van der Waals surface area contributed by atoms with Gasteiger partial charge in [-0.1, -0.05) is 32.3 Å². The number of hydrogen-bond acceptors (Lipinski definition) is 5. The monoisotopic (exact) mass is 435 g/mol. The van der Waals surface area contributed by atoms with Crippen molar-refractivity contribution in [3.63, 3.8) is 0 Å². The summed E-state index contributed by atoms with van der Waals surface area (Å²) in [5, 5.41) is 9.98. The third-order valence-corrected chi connectivity index (χ3v) is 7.54. The molecule has 0 amide bonds. The number of aliphatic hydroxyl groups is 1. The average Bonchev–Trinajstić information content (AvgIpc) is 3.40. The van der Waals surface area contributed by atoms with E-state index in [9.17, 15) is 5.11 Å². The highest BCUT2D eigenvalue weighted by molar-refractivity contribution is 7.13. The molecule has 0 radical (unpaired) electrons. The van der Waals surface area contributed by atoms with Crippen molar-refractivity contribution >= 4 is 28.4 Å². The minimum Gasteiger partial charge on any atom is -0.380 e. The van der Waals surface area contributed by atoms with Crippen molar-refractivity contribution in [1.29, 1.82) is 0 Å². The number of thiophene rings is 1. The molecule has 0 saturated carbocycles. The molecule has 2 unspecified atom stereocenters. The predicted molar refractivity (Wildman–Crippen MR) is 133 cm³/mol. The standard InChI is InChI=1S/C26H33N3OS/c1-18(2)25(30)11-10-24-16-20-12-15-29(19(3)26(20)31-24)22-8-6-21(7-9-22)28-14-13-23(17-28)27(4)5/h6-9,16,18,23,25,30H,3,12-15,17H2,1-2,4-5H3. The third kappa shape index (κ3) is 4.67. The van der Waals surface area contributed by atoms with Crippen molar-refractivity contribution in [2.45, 2.75) is 38.8 Å². The second-order valence-corrected chi connectivity index (χ2v) is 10.2. The fourth-order valence-corrected chi connectivity index (χ4v) is 5.30. The van der Waals surface area contributed by atoms with Crippen LogP contribution in [-0.4, -0.2) is 55.9 Å². The van der Waals surface area contributed by atoms with Gasteiger partial charge in [-0.3, -0.25) is 0 Å². The number of benzene rings is 1. The van der Waals surface area contributed by atoms with Gasteiger partial charge < -0.3 is 19.8 Å². The Hall–Kier alpha value is -2.26. The Balaban J connectivity index is 1.47. The quantitative estimate of drug-likeness (QED) is 0.726. The van der Waals surface area contributed by atoms with Gasteiger partial charge in [0.2, 0.25) is 0 Å². The molecule has 0 spiro atoms. The predicted octanol–water partition coefficient (Wildman–Crippen LogP) is 4.29. The maximum atomic E-state index is 9.98. The summed E-state index contributed by atoms with van der Waals surface area (Å²) >= 11 is 1.68. The van der Waals surface area contributed by atoms with Crippen LogP contribution in [0.4, 0.5) is 11.4 Å². The van der Waals surface area contributed by atoms with E-state index in [2.05, 4.69) is 77.5 Å². The lowest BCUT2D eigenvalue weighted by Gasteiger charge is -2.31. The molecule has 2 aliphatic rings. The van der Waals surface area contributed by atoms with Crippen LogP contribution < -0.4 is 9.80 Å². The molecule has 1 aromatic carbocycles. The Kier molecular flexibility index (Phi) is 6.43. The number of fused-ring (bicyclic) bond motifs is 1. The number of aliphatic hydroxyl groups excluding tert-OH is 1. The topological polar surface area (TPSA) is 30.0 Å². The van der Waals surface area contributed by atoms with E-state index in [-0.39, 0.29) is 5.92 Å². The molecule has 0 bridgehead atoms. The lowest BCUT2D eigenvalue weighted by Crippen LogP contribution is -2.31. The summed E-state index contributed by atoms with van der Waals surface area (Å²) in [7, 11) is 4.34. The molecule has 31 heavy (non-hydrogen) atoms. The van der Waals surface area contributed by atoms with Crippen LogP contribution in [0.3, 0.4) is 0 Å². The minimum atomic E-state index is -0.582. The molecule has 5 heteroatoms. The number of anilines is 2. The second kappa shape index (κ2) is 9.08. The van der Waals surface area contributed by atoms with Crippen LogP contribution in [0.2, 0.25) is 0 Å².